The van der Waals surface area contributed by atoms with Crippen molar-refractivity contribution in [1.82, 2.24) is 10.6 Å². The highest BCUT2D eigenvalue weighted by Gasteiger charge is 2.51. The minimum Gasteiger partial charge on any atom is -0.479 e. The zero-order valence-corrected chi connectivity index (χ0v) is 12.4. The van der Waals surface area contributed by atoms with Crippen molar-refractivity contribution in [3.8, 4) is 0 Å². The van der Waals surface area contributed by atoms with E-state index < -0.39 is 30.1 Å². The lowest BCUT2D eigenvalue weighted by atomic mass is 10.0. The third-order valence-corrected chi connectivity index (χ3v) is 3.35. The molecule has 1 aromatic carbocycles. The molecular formula is C15H19N3O5. The fourth-order valence-corrected chi connectivity index (χ4v) is 2.13. The van der Waals surface area contributed by atoms with Crippen molar-refractivity contribution in [2.45, 2.75) is 24.7 Å². The van der Waals surface area contributed by atoms with Crippen LogP contribution in [0.3, 0.4) is 0 Å². The largest absolute Gasteiger partial charge is 0.479 e. The number of carbonyl (C=O) groups excluding carboxylic acids is 2. The minimum absolute atomic E-state index is 0.282. The average Bonchev–Trinajstić information content (AvgIpc) is 3.34. The first-order valence-corrected chi connectivity index (χ1v) is 7.23. The molecule has 1 saturated heterocycles. The molecule has 0 spiro atoms. The molecule has 1 aliphatic rings. The van der Waals surface area contributed by atoms with Gasteiger partial charge in [-0.3, -0.25) is 9.59 Å². The molecule has 1 fully saturated rings. The zero-order valence-electron chi connectivity index (χ0n) is 12.4. The summed E-state index contributed by atoms with van der Waals surface area (Å²) in [7, 11) is 0. The van der Waals surface area contributed by atoms with E-state index in [1.807, 2.05) is 30.3 Å². The van der Waals surface area contributed by atoms with Crippen molar-refractivity contribution >= 4 is 17.8 Å². The normalized spacial score (nSPS) is 20.4. The second kappa shape index (κ2) is 7.70. The Balaban J connectivity index is 2.00. The monoisotopic (exact) mass is 321 g/mol. The number of carboxylic acids is 1. The molecule has 23 heavy (non-hydrogen) atoms. The number of carbonyl (C=O) groups is 3. The Bertz CT molecular complexity index is 578. The standard InChI is InChI=1S/C15H19N3O5/c16-6-7-17-13(19)10(8-9-4-2-1-3-5-9)18-14(20)11-12(23-11)15(21)22/h1-5,10-12H,6-8,16H2,(H,17,19)(H,18,20)(H,21,22)/t10-,11-,12-/m0/s1. The summed E-state index contributed by atoms with van der Waals surface area (Å²) in [6.07, 6.45) is -1.90. The van der Waals surface area contributed by atoms with Crippen molar-refractivity contribution in [1.29, 1.82) is 0 Å². The van der Waals surface area contributed by atoms with Crippen LogP contribution in [0.5, 0.6) is 0 Å². The maximum atomic E-state index is 12.2. The van der Waals surface area contributed by atoms with Gasteiger partial charge in [-0.05, 0) is 5.56 Å². The topological polar surface area (TPSA) is 134 Å². The molecule has 0 unspecified atom stereocenters. The summed E-state index contributed by atoms with van der Waals surface area (Å²) in [5, 5.41) is 13.9. The van der Waals surface area contributed by atoms with Crippen LogP contribution in [0.4, 0.5) is 0 Å². The minimum atomic E-state index is -1.20. The van der Waals surface area contributed by atoms with Crippen LogP contribution >= 0.6 is 0 Å². The van der Waals surface area contributed by atoms with E-state index in [-0.39, 0.29) is 25.4 Å². The van der Waals surface area contributed by atoms with E-state index in [1.165, 1.54) is 0 Å². The number of nitrogens with one attached hydrogen (secondary N) is 2. The summed E-state index contributed by atoms with van der Waals surface area (Å²) in [5.41, 5.74) is 6.22. The molecule has 2 amide bonds. The van der Waals surface area contributed by atoms with Gasteiger partial charge in [0.05, 0.1) is 0 Å². The Morgan fingerprint density at radius 2 is 1.91 bits per heavy atom. The van der Waals surface area contributed by atoms with E-state index in [4.69, 9.17) is 15.6 Å². The van der Waals surface area contributed by atoms with Crippen LogP contribution in [-0.4, -0.2) is 54.2 Å². The second-order valence-electron chi connectivity index (χ2n) is 5.15. The molecule has 0 aromatic heterocycles. The van der Waals surface area contributed by atoms with Crippen molar-refractivity contribution in [3.05, 3.63) is 35.9 Å². The van der Waals surface area contributed by atoms with Gasteiger partial charge in [0, 0.05) is 19.5 Å². The molecule has 0 bridgehead atoms. The number of epoxide rings is 1. The van der Waals surface area contributed by atoms with Crippen molar-refractivity contribution in [2.24, 2.45) is 5.73 Å². The van der Waals surface area contributed by atoms with E-state index in [1.54, 1.807) is 0 Å². The molecule has 124 valence electrons. The lowest BCUT2D eigenvalue weighted by molar-refractivity contribution is -0.138. The number of rotatable bonds is 8. The highest BCUT2D eigenvalue weighted by molar-refractivity contribution is 5.95. The summed E-state index contributed by atoms with van der Waals surface area (Å²) in [4.78, 5) is 34.9. The highest BCUT2D eigenvalue weighted by atomic mass is 16.6. The summed E-state index contributed by atoms with van der Waals surface area (Å²) in [6, 6.07) is 8.36. The Morgan fingerprint density at radius 3 is 2.48 bits per heavy atom. The average molecular weight is 321 g/mol. The van der Waals surface area contributed by atoms with Gasteiger partial charge in [-0.1, -0.05) is 30.3 Å². The molecule has 2 rings (SSSR count). The van der Waals surface area contributed by atoms with Crippen molar-refractivity contribution in [2.75, 3.05) is 13.1 Å². The van der Waals surface area contributed by atoms with Gasteiger partial charge < -0.3 is 26.2 Å². The van der Waals surface area contributed by atoms with Gasteiger partial charge in [-0.2, -0.15) is 0 Å². The lowest BCUT2D eigenvalue weighted by Crippen LogP contribution is -2.50. The van der Waals surface area contributed by atoms with E-state index in [9.17, 15) is 14.4 Å². The van der Waals surface area contributed by atoms with Crippen LogP contribution < -0.4 is 16.4 Å². The van der Waals surface area contributed by atoms with Crippen LogP contribution in [0.2, 0.25) is 0 Å². The van der Waals surface area contributed by atoms with Crippen LogP contribution in [-0.2, 0) is 25.5 Å². The quantitative estimate of drug-likeness (QED) is 0.437. The highest BCUT2D eigenvalue weighted by Crippen LogP contribution is 2.22. The van der Waals surface area contributed by atoms with E-state index in [0.29, 0.717) is 0 Å². The third kappa shape index (κ3) is 4.76. The van der Waals surface area contributed by atoms with Gasteiger partial charge in [0.25, 0.3) is 5.91 Å². The van der Waals surface area contributed by atoms with Gasteiger partial charge in [0.2, 0.25) is 5.91 Å². The molecule has 0 saturated carbocycles. The Morgan fingerprint density at radius 1 is 1.22 bits per heavy atom. The van der Waals surface area contributed by atoms with Crippen molar-refractivity contribution < 1.29 is 24.2 Å². The van der Waals surface area contributed by atoms with Crippen LogP contribution in [0.15, 0.2) is 30.3 Å². The molecule has 1 heterocycles. The molecule has 1 aromatic rings. The zero-order chi connectivity index (χ0) is 16.8. The van der Waals surface area contributed by atoms with E-state index >= 15 is 0 Å². The fourth-order valence-electron chi connectivity index (χ4n) is 2.13. The molecule has 0 aliphatic carbocycles. The number of benzene rings is 1. The first-order valence-electron chi connectivity index (χ1n) is 7.23. The summed E-state index contributed by atoms with van der Waals surface area (Å²) in [5.74, 6) is -2.18. The van der Waals surface area contributed by atoms with Crippen LogP contribution in [0.1, 0.15) is 5.56 Å². The SMILES string of the molecule is NCCNC(=O)[C@H](Cc1ccccc1)NC(=O)[C@H]1O[C@@H]1C(=O)O. The van der Waals surface area contributed by atoms with E-state index in [2.05, 4.69) is 10.6 Å². The molecule has 8 nitrogen and oxygen atoms in total. The van der Waals surface area contributed by atoms with Crippen LogP contribution in [0.25, 0.3) is 0 Å². The molecule has 8 heteroatoms. The molecule has 1 aliphatic heterocycles. The van der Waals surface area contributed by atoms with Gasteiger partial charge >= 0.3 is 5.97 Å². The number of ether oxygens (including phenoxy) is 1. The maximum Gasteiger partial charge on any atom is 0.336 e. The Hall–Kier alpha value is -2.45. The predicted molar refractivity (Wildman–Crippen MR) is 80.4 cm³/mol. The van der Waals surface area contributed by atoms with Crippen molar-refractivity contribution in [3.63, 3.8) is 0 Å². The lowest BCUT2D eigenvalue weighted by Gasteiger charge is -2.18. The fraction of sp³-hybridized carbons (Fsp3) is 0.400. The number of amides is 2. The third-order valence-electron chi connectivity index (χ3n) is 3.35. The van der Waals surface area contributed by atoms with Crippen LogP contribution in [0, 0.1) is 0 Å². The number of nitrogens with two attached hydrogens (primary N) is 1. The summed E-state index contributed by atoms with van der Waals surface area (Å²) < 4.78 is 4.79. The van der Waals surface area contributed by atoms with Gasteiger partial charge in [0.15, 0.2) is 12.2 Å². The van der Waals surface area contributed by atoms with Gasteiger partial charge in [-0.25, -0.2) is 4.79 Å². The molecule has 0 radical (unpaired) electrons. The number of hydrogen-bond acceptors (Lipinski definition) is 5. The second-order valence-corrected chi connectivity index (χ2v) is 5.15. The smallest absolute Gasteiger partial charge is 0.336 e. The maximum absolute atomic E-state index is 12.2. The number of carboxylic acid groups (broad SMARTS) is 1. The molecular weight excluding hydrogens is 302 g/mol. The summed E-state index contributed by atoms with van der Waals surface area (Å²) >= 11 is 0. The van der Waals surface area contributed by atoms with Gasteiger partial charge in [-0.15, -0.1) is 0 Å². The van der Waals surface area contributed by atoms with Gasteiger partial charge in [0.1, 0.15) is 6.04 Å². The Labute approximate surface area is 133 Å². The molecule has 3 atom stereocenters. The molecule has 5 N–H and O–H groups in total. The number of hydrogen-bond donors (Lipinski definition) is 4. The Kier molecular flexibility index (Phi) is 5.67. The van der Waals surface area contributed by atoms with E-state index in [0.717, 1.165) is 5.56 Å². The number of aliphatic carboxylic acids is 1. The first kappa shape index (κ1) is 16.9. The first-order chi connectivity index (χ1) is 11.0. The summed E-state index contributed by atoms with van der Waals surface area (Å²) in [6.45, 7) is 0.572. The predicted octanol–water partition coefficient (Wildman–Crippen LogP) is -1.36.